The molecule has 1 aromatic rings. The Hall–Kier alpha value is -3.83. The van der Waals surface area contributed by atoms with Gasteiger partial charge in [0.2, 0.25) is 0 Å². The number of anilines is 1. The van der Waals surface area contributed by atoms with E-state index < -0.39 is 53.2 Å². The summed E-state index contributed by atoms with van der Waals surface area (Å²) in [6.07, 6.45) is -4.80. The van der Waals surface area contributed by atoms with Crippen molar-refractivity contribution in [1.82, 2.24) is 4.90 Å². The van der Waals surface area contributed by atoms with Crippen LogP contribution in [-0.2, 0) is 30.3 Å². The average Bonchev–Trinajstić information content (AvgIpc) is 2.69. The van der Waals surface area contributed by atoms with E-state index in [9.17, 15) is 24.0 Å². The molecule has 0 radical (unpaired) electrons. The fraction of sp³-hybridized carbons (Fsp3) is 0.577. The third kappa shape index (κ3) is 10.7. The van der Waals surface area contributed by atoms with Crippen LogP contribution < -0.4 is 4.90 Å². The maximum Gasteiger partial charge on any atom is 0.506 e. The van der Waals surface area contributed by atoms with Gasteiger partial charge in [-0.25, -0.2) is 24.1 Å². The Labute approximate surface area is 222 Å². The number of carbonyl (C=O) groups excluding carboxylic acids is 4. The molecule has 0 unspecified atom stereocenters. The first kappa shape index (κ1) is 32.2. The van der Waals surface area contributed by atoms with Gasteiger partial charge in [-0.15, -0.1) is 0 Å². The van der Waals surface area contributed by atoms with Crippen molar-refractivity contribution >= 4 is 36.0 Å². The molecule has 0 fully saturated rings. The molecule has 212 valence electrons. The van der Waals surface area contributed by atoms with Crippen LogP contribution in [0.3, 0.4) is 0 Å². The van der Waals surface area contributed by atoms with Crippen molar-refractivity contribution in [3.05, 3.63) is 29.8 Å². The Bertz CT molecular complexity index is 1000. The number of carboxylic acid groups (broad SMARTS) is 1. The quantitative estimate of drug-likeness (QED) is 0.365. The van der Waals surface area contributed by atoms with Gasteiger partial charge in [-0.1, -0.05) is 12.1 Å². The molecule has 0 heterocycles. The van der Waals surface area contributed by atoms with Crippen LogP contribution in [0.15, 0.2) is 24.3 Å². The molecule has 12 nitrogen and oxygen atoms in total. The number of nitrogens with zero attached hydrogens (tertiary/aromatic N) is 2. The summed E-state index contributed by atoms with van der Waals surface area (Å²) in [6, 6.07) is 4.10. The summed E-state index contributed by atoms with van der Waals surface area (Å²) in [7, 11) is 0. The molecule has 0 bridgehead atoms. The van der Waals surface area contributed by atoms with Crippen molar-refractivity contribution in [3.63, 3.8) is 0 Å². The predicted octanol–water partition coefficient (Wildman–Crippen LogP) is 5.71. The molecular formula is C26H38N2O10. The Morgan fingerprint density at radius 3 is 1.50 bits per heavy atom. The van der Waals surface area contributed by atoms with E-state index in [1.165, 1.54) is 31.2 Å². The fourth-order valence-electron chi connectivity index (χ4n) is 2.83. The molecule has 1 atom stereocenters. The van der Waals surface area contributed by atoms with Gasteiger partial charge in [0.15, 0.2) is 0 Å². The van der Waals surface area contributed by atoms with E-state index in [2.05, 4.69) is 4.74 Å². The summed E-state index contributed by atoms with van der Waals surface area (Å²) >= 11 is 0. The lowest BCUT2D eigenvalue weighted by Gasteiger charge is -2.33. The second-order valence-corrected chi connectivity index (χ2v) is 11.4. The van der Waals surface area contributed by atoms with Gasteiger partial charge >= 0.3 is 24.4 Å². The minimum absolute atomic E-state index is 0.0449. The summed E-state index contributed by atoms with van der Waals surface area (Å²) in [6.45, 7) is 15.4. The number of imide groups is 2. The predicted molar refractivity (Wildman–Crippen MR) is 137 cm³/mol. The van der Waals surface area contributed by atoms with Crippen LogP contribution in [0.5, 0.6) is 0 Å². The Morgan fingerprint density at radius 1 is 0.737 bits per heavy atom. The Kier molecular flexibility index (Phi) is 10.3. The third-order valence-electron chi connectivity index (χ3n) is 4.28. The van der Waals surface area contributed by atoms with Gasteiger partial charge in [-0.05, 0) is 86.9 Å². The summed E-state index contributed by atoms with van der Waals surface area (Å²) in [5, 5.41) is 8.70. The summed E-state index contributed by atoms with van der Waals surface area (Å²) in [5.74, 6) is -0.981. The van der Waals surface area contributed by atoms with Crippen molar-refractivity contribution in [1.29, 1.82) is 0 Å². The minimum atomic E-state index is -1.55. The zero-order valence-electron chi connectivity index (χ0n) is 23.6. The van der Waals surface area contributed by atoms with Crippen LogP contribution in [0.1, 0.15) is 74.8 Å². The van der Waals surface area contributed by atoms with E-state index >= 15 is 0 Å². The normalized spacial score (nSPS) is 12.6. The lowest BCUT2D eigenvalue weighted by Crippen LogP contribution is -2.56. The summed E-state index contributed by atoms with van der Waals surface area (Å²) < 4.78 is 20.6. The highest BCUT2D eigenvalue weighted by Crippen LogP contribution is 2.24. The van der Waals surface area contributed by atoms with Crippen molar-refractivity contribution in [2.75, 3.05) is 4.90 Å². The van der Waals surface area contributed by atoms with Crippen molar-refractivity contribution in [2.24, 2.45) is 0 Å². The average molecular weight is 539 g/mol. The number of hydrogen-bond donors (Lipinski definition) is 1. The number of ether oxygens (including phenoxy) is 4. The lowest BCUT2D eigenvalue weighted by atomic mass is 10.1. The number of hydrogen-bond acceptors (Lipinski definition) is 9. The van der Waals surface area contributed by atoms with E-state index in [4.69, 9.17) is 19.3 Å². The third-order valence-corrected chi connectivity index (χ3v) is 4.28. The first-order valence-electron chi connectivity index (χ1n) is 11.9. The highest BCUT2D eigenvalue weighted by molar-refractivity contribution is 6.15. The molecule has 4 amide bonds. The molecule has 0 aliphatic rings. The van der Waals surface area contributed by atoms with Crippen LogP contribution in [0, 0.1) is 0 Å². The van der Waals surface area contributed by atoms with Gasteiger partial charge in [0.05, 0.1) is 5.69 Å². The van der Waals surface area contributed by atoms with E-state index in [0.717, 1.165) is 0 Å². The Balaban J connectivity index is 3.50. The molecule has 0 aromatic heterocycles. The zero-order valence-corrected chi connectivity index (χ0v) is 23.6. The molecule has 1 rings (SSSR count). The Morgan fingerprint density at radius 2 is 1.13 bits per heavy atom. The first-order chi connectivity index (χ1) is 17.1. The van der Waals surface area contributed by atoms with E-state index in [-0.39, 0.29) is 12.3 Å². The monoisotopic (exact) mass is 538 g/mol. The fourth-order valence-corrected chi connectivity index (χ4v) is 2.83. The van der Waals surface area contributed by atoms with E-state index in [0.29, 0.717) is 15.4 Å². The maximum absolute atomic E-state index is 13.7. The molecule has 12 heteroatoms. The molecule has 38 heavy (non-hydrogen) atoms. The van der Waals surface area contributed by atoms with Crippen molar-refractivity contribution in [2.45, 2.75) is 98.7 Å². The number of amides is 4. The number of rotatable bonds is 5. The zero-order chi connectivity index (χ0) is 29.6. The van der Waals surface area contributed by atoms with Crippen molar-refractivity contribution in [3.8, 4) is 0 Å². The molecule has 0 saturated heterocycles. The largest absolute Gasteiger partial charge is 0.506 e. The van der Waals surface area contributed by atoms with Gasteiger partial charge in [0, 0.05) is 0 Å². The topological polar surface area (TPSA) is 149 Å². The lowest BCUT2D eigenvalue weighted by molar-refractivity contribution is -0.123. The van der Waals surface area contributed by atoms with E-state index in [1.54, 1.807) is 62.3 Å². The number of benzene rings is 1. The summed E-state index contributed by atoms with van der Waals surface area (Å²) in [4.78, 5) is 64.8. The standard InChI is InChI=1S/C26H38N2O10/c1-16(27(20(30)36-24(2,3)4)21(31)37-25(5,6)7)19(29)28(22(32)38-26(8,9)10)18-13-11-17(12-14-18)15-35-23(33)34/h11-14,16H,15H2,1-10H3,(H,33,34)/t16-/m0/s1. The highest BCUT2D eigenvalue weighted by atomic mass is 16.7. The van der Waals surface area contributed by atoms with Gasteiger partial charge < -0.3 is 24.1 Å². The van der Waals surface area contributed by atoms with Crippen LogP contribution in [-0.4, -0.2) is 63.2 Å². The molecule has 0 aliphatic heterocycles. The van der Waals surface area contributed by atoms with Crippen LogP contribution in [0.25, 0.3) is 0 Å². The second-order valence-electron chi connectivity index (χ2n) is 11.4. The second kappa shape index (κ2) is 12.1. The van der Waals surface area contributed by atoms with Gasteiger partial charge in [0.1, 0.15) is 29.5 Å². The van der Waals surface area contributed by atoms with Crippen LogP contribution >= 0.6 is 0 Å². The van der Waals surface area contributed by atoms with Gasteiger partial charge in [-0.3, -0.25) is 4.79 Å². The highest BCUT2D eigenvalue weighted by Gasteiger charge is 2.42. The molecule has 0 aliphatic carbocycles. The van der Waals surface area contributed by atoms with E-state index in [1.807, 2.05) is 0 Å². The van der Waals surface area contributed by atoms with Crippen LogP contribution in [0.4, 0.5) is 24.9 Å². The maximum atomic E-state index is 13.7. The smallest absolute Gasteiger partial charge is 0.450 e. The molecular weight excluding hydrogens is 500 g/mol. The first-order valence-corrected chi connectivity index (χ1v) is 11.9. The van der Waals surface area contributed by atoms with Crippen molar-refractivity contribution < 1.29 is 48.0 Å². The number of carbonyl (C=O) groups is 5. The van der Waals surface area contributed by atoms with Gasteiger partial charge in [-0.2, -0.15) is 4.90 Å². The molecule has 1 N–H and O–H groups in total. The van der Waals surface area contributed by atoms with Gasteiger partial charge in [0.25, 0.3) is 5.91 Å². The minimum Gasteiger partial charge on any atom is -0.450 e. The summed E-state index contributed by atoms with van der Waals surface area (Å²) in [5.41, 5.74) is -2.49. The SMILES string of the molecule is C[C@@H](C(=O)N(C(=O)OC(C)(C)C)c1ccc(COC(=O)O)cc1)N(C(=O)OC(C)(C)C)C(=O)OC(C)(C)C. The molecule has 0 spiro atoms. The molecule has 1 aromatic carbocycles. The molecule has 0 saturated carbocycles. The van der Waals surface area contributed by atoms with Crippen LogP contribution in [0.2, 0.25) is 0 Å².